The second-order valence-electron chi connectivity index (χ2n) is 5.22. The molecule has 108 valence electrons. The van der Waals surface area contributed by atoms with Gasteiger partial charge < -0.3 is 19.6 Å². The molecule has 2 amide bonds. The van der Waals surface area contributed by atoms with Gasteiger partial charge >= 0.3 is 6.09 Å². The van der Waals surface area contributed by atoms with Crippen molar-refractivity contribution >= 4 is 12.0 Å². The number of ether oxygens (including phenoxy) is 1. The van der Waals surface area contributed by atoms with Crippen LogP contribution < -0.4 is 0 Å². The van der Waals surface area contributed by atoms with Crippen LogP contribution in [0.4, 0.5) is 4.79 Å². The van der Waals surface area contributed by atoms with Crippen LogP contribution in [0.25, 0.3) is 0 Å². The summed E-state index contributed by atoms with van der Waals surface area (Å²) in [6.45, 7) is 2.83. The fourth-order valence-electron chi connectivity index (χ4n) is 2.64. The Morgan fingerprint density at radius 3 is 2.21 bits per heavy atom. The Kier molecular flexibility index (Phi) is 5.01. The summed E-state index contributed by atoms with van der Waals surface area (Å²) in [5.41, 5.74) is 0. The summed E-state index contributed by atoms with van der Waals surface area (Å²) in [6.07, 6.45) is 3.88. The number of hydrogen-bond acceptors (Lipinski definition) is 3. The molecule has 2 aliphatic heterocycles. The van der Waals surface area contributed by atoms with Gasteiger partial charge in [0.15, 0.2) is 0 Å². The Morgan fingerprint density at radius 2 is 1.63 bits per heavy atom. The Morgan fingerprint density at radius 1 is 1.00 bits per heavy atom. The van der Waals surface area contributed by atoms with Gasteiger partial charge in [-0.1, -0.05) is 0 Å². The summed E-state index contributed by atoms with van der Waals surface area (Å²) >= 11 is 0. The molecule has 0 bridgehead atoms. The smallest absolute Gasteiger partial charge is 0.407 e. The van der Waals surface area contributed by atoms with E-state index in [4.69, 9.17) is 9.84 Å². The zero-order chi connectivity index (χ0) is 13.7. The van der Waals surface area contributed by atoms with E-state index in [2.05, 4.69) is 0 Å². The number of carbonyl (C=O) groups is 2. The molecule has 0 unspecified atom stereocenters. The SMILES string of the molecule is O=C(O)N1CCC(OCC(=O)N2CCCCC2)CC1. The van der Waals surface area contributed by atoms with Gasteiger partial charge in [0.05, 0.1) is 6.10 Å². The second kappa shape index (κ2) is 6.75. The fraction of sp³-hybridized carbons (Fsp3) is 0.846. The number of carboxylic acid groups (broad SMARTS) is 1. The van der Waals surface area contributed by atoms with Crippen LogP contribution in [0.3, 0.4) is 0 Å². The Bertz CT molecular complexity index is 321. The first kappa shape index (κ1) is 14.1. The largest absolute Gasteiger partial charge is 0.465 e. The van der Waals surface area contributed by atoms with Crippen molar-refractivity contribution in [1.29, 1.82) is 0 Å². The number of piperidine rings is 2. The van der Waals surface area contributed by atoms with Crippen LogP contribution in [-0.2, 0) is 9.53 Å². The molecule has 2 heterocycles. The molecule has 0 aromatic rings. The van der Waals surface area contributed by atoms with Gasteiger partial charge in [0, 0.05) is 26.2 Å². The van der Waals surface area contributed by atoms with Crippen molar-refractivity contribution < 1.29 is 19.4 Å². The molecule has 0 aromatic heterocycles. The molecule has 19 heavy (non-hydrogen) atoms. The van der Waals surface area contributed by atoms with E-state index in [0.717, 1.165) is 25.9 Å². The summed E-state index contributed by atoms with van der Waals surface area (Å²) in [4.78, 5) is 25.9. The average Bonchev–Trinajstić information content (AvgIpc) is 2.46. The molecule has 2 rings (SSSR count). The average molecular weight is 270 g/mol. The van der Waals surface area contributed by atoms with E-state index in [9.17, 15) is 9.59 Å². The molecule has 2 fully saturated rings. The standard InChI is InChI=1S/C13H22N2O4/c16-12(14-6-2-1-3-7-14)10-19-11-4-8-15(9-5-11)13(17)18/h11H,1-10H2,(H,17,18). The van der Waals surface area contributed by atoms with Crippen molar-refractivity contribution in [1.82, 2.24) is 9.80 Å². The van der Waals surface area contributed by atoms with E-state index < -0.39 is 6.09 Å². The maximum atomic E-state index is 11.9. The van der Waals surface area contributed by atoms with Crippen LogP contribution in [0.2, 0.25) is 0 Å². The Balaban J connectivity index is 1.66. The fourth-order valence-corrected chi connectivity index (χ4v) is 2.64. The number of rotatable bonds is 3. The molecule has 1 N–H and O–H groups in total. The van der Waals surface area contributed by atoms with Crippen molar-refractivity contribution in [2.45, 2.75) is 38.2 Å². The number of nitrogens with zero attached hydrogens (tertiary/aromatic N) is 2. The van der Waals surface area contributed by atoms with E-state index >= 15 is 0 Å². The highest BCUT2D eigenvalue weighted by Gasteiger charge is 2.24. The van der Waals surface area contributed by atoms with E-state index in [-0.39, 0.29) is 18.6 Å². The van der Waals surface area contributed by atoms with Gasteiger partial charge in [0.25, 0.3) is 0 Å². The van der Waals surface area contributed by atoms with Gasteiger partial charge in [-0.05, 0) is 32.1 Å². The van der Waals surface area contributed by atoms with E-state index in [0.29, 0.717) is 25.9 Å². The molecule has 0 spiro atoms. The molecule has 6 nitrogen and oxygen atoms in total. The van der Waals surface area contributed by atoms with Gasteiger partial charge in [0.1, 0.15) is 6.61 Å². The zero-order valence-electron chi connectivity index (χ0n) is 11.2. The van der Waals surface area contributed by atoms with E-state index in [1.54, 1.807) is 0 Å². The minimum atomic E-state index is -0.872. The summed E-state index contributed by atoms with van der Waals surface area (Å²) < 4.78 is 5.62. The lowest BCUT2D eigenvalue weighted by molar-refractivity contribution is -0.140. The third-order valence-electron chi connectivity index (χ3n) is 3.86. The second-order valence-corrected chi connectivity index (χ2v) is 5.22. The summed E-state index contributed by atoms with van der Waals surface area (Å²) in [7, 11) is 0. The van der Waals surface area contributed by atoms with Gasteiger partial charge in [0.2, 0.25) is 5.91 Å². The maximum absolute atomic E-state index is 11.9. The Labute approximate surface area is 113 Å². The molecule has 0 saturated carbocycles. The number of carbonyl (C=O) groups excluding carboxylic acids is 1. The van der Waals surface area contributed by atoms with Crippen molar-refractivity contribution in [3.05, 3.63) is 0 Å². The van der Waals surface area contributed by atoms with Crippen molar-refractivity contribution in [3.8, 4) is 0 Å². The number of amides is 2. The highest BCUT2D eigenvalue weighted by molar-refractivity contribution is 5.77. The summed E-state index contributed by atoms with van der Waals surface area (Å²) in [5.74, 6) is 0.0698. The van der Waals surface area contributed by atoms with Crippen molar-refractivity contribution in [2.75, 3.05) is 32.8 Å². The lowest BCUT2D eigenvalue weighted by Crippen LogP contribution is -2.42. The third-order valence-corrected chi connectivity index (χ3v) is 3.86. The zero-order valence-corrected chi connectivity index (χ0v) is 11.2. The molecule has 0 aliphatic carbocycles. The number of hydrogen-bond donors (Lipinski definition) is 1. The summed E-state index contributed by atoms with van der Waals surface area (Å²) in [5, 5.41) is 8.84. The topological polar surface area (TPSA) is 70.1 Å². The molecule has 6 heteroatoms. The molecular formula is C13H22N2O4. The molecule has 0 aromatic carbocycles. The highest BCUT2D eigenvalue weighted by atomic mass is 16.5. The lowest BCUT2D eigenvalue weighted by atomic mass is 10.1. The highest BCUT2D eigenvalue weighted by Crippen LogP contribution is 2.14. The molecule has 2 aliphatic rings. The summed E-state index contributed by atoms with van der Waals surface area (Å²) in [6, 6.07) is 0. The first-order chi connectivity index (χ1) is 9.16. The lowest BCUT2D eigenvalue weighted by Gasteiger charge is -2.31. The van der Waals surface area contributed by atoms with Gasteiger partial charge in [-0.3, -0.25) is 4.79 Å². The van der Waals surface area contributed by atoms with Crippen LogP contribution >= 0.6 is 0 Å². The van der Waals surface area contributed by atoms with Gasteiger partial charge in [-0.15, -0.1) is 0 Å². The molecular weight excluding hydrogens is 248 g/mol. The van der Waals surface area contributed by atoms with Gasteiger partial charge in [-0.25, -0.2) is 4.79 Å². The van der Waals surface area contributed by atoms with Crippen molar-refractivity contribution in [3.63, 3.8) is 0 Å². The quantitative estimate of drug-likeness (QED) is 0.835. The van der Waals surface area contributed by atoms with Crippen molar-refractivity contribution in [2.24, 2.45) is 0 Å². The van der Waals surface area contributed by atoms with Crippen LogP contribution in [0.1, 0.15) is 32.1 Å². The minimum absolute atomic E-state index is 0.0179. The molecule has 2 saturated heterocycles. The monoisotopic (exact) mass is 270 g/mol. The predicted molar refractivity (Wildman–Crippen MR) is 69.0 cm³/mol. The van der Waals surface area contributed by atoms with Crippen LogP contribution in [0.5, 0.6) is 0 Å². The molecule has 0 atom stereocenters. The third kappa shape index (κ3) is 4.09. The minimum Gasteiger partial charge on any atom is -0.465 e. The van der Waals surface area contributed by atoms with Crippen LogP contribution in [0, 0.1) is 0 Å². The van der Waals surface area contributed by atoms with Gasteiger partial charge in [-0.2, -0.15) is 0 Å². The molecule has 0 radical (unpaired) electrons. The van der Waals surface area contributed by atoms with Crippen LogP contribution in [-0.4, -0.2) is 65.8 Å². The van der Waals surface area contributed by atoms with E-state index in [1.807, 2.05) is 4.90 Å². The number of likely N-dealkylation sites (tertiary alicyclic amines) is 2. The maximum Gasteiger partial charge on any atom is 0.407 e. The Hall–Kier alpha value is -1.30. The first-order valence-corrected chi connectivity index (χ1v) is 7.04. The first-order valence-electron chi connectivity index (χ1n) is 7.04. The van der Waals surface area contributed by atoms with Crippen LogP contribution in [0.15, 0.2) is 0 Å². The normalized spacial score (nSPS) is 21.5. The van der Waals surface area contributed by atoms with E-state index in [1.165, 1.54) is 11.3 Å². The predicted octanol–water partition coefficient (Wildman–Crippen LogP) is 1.16.